The van der Waals surface area contributed by atoms with E-state index in [0.29, 0.717) is 23.1 Å². The fourth-order valence-electron chi connectivity index (χ4n) is 2.52. The Balaban J connectivity index is 2.26. The van der Waals surface area contributed by atoms with Gasteiger partial charge in [0.25, 0.3) is 0 Å². The average molecular weight is 352 g/mol. The lowest BCUT2D eigenvalue weighted by Gasteiger charge is -2.10. The molecule has 3 aromatic rings. The van der Waals surface area contributed by atoms with E-state index in [1.165, 1.54) is 11.3 Å². The second-order valence-corrected chi connectivity index (χ2v) is 6.28. The molecule has 0 unspecified atom stereocenters. The molecule has 5 nitrogen and oxygen atoms in total. The third-order valence-corrected chi connectivity index (χ3v) is 5.00. The number of halogens is 1. The minimum Gasteiger partial charge on any atom is -0.497 e. The van der Waals surface area contributed by atoms with E-state index < -0.39 is 5.97 Å². The van der Waals surface area contributed by atoms with Crippen LogP contribution in [0.5, 0.6) is 11.5 Å². The molecule has 0 spiro atoms. The smallest absolute Gasteiger partial charge is 0.352 e. The molecule has 2 heterocycles. The lowest BCUT2D eigenvalue weighted by atomic mass is 10.2. The van der Waals surface area contributed by atoms with Crippen LogP contribution in [0.4, 0.5) is 0 Å². The lowest BCUT2D eigenvalue weighted by molar-refractivity contribution is 0.0686. The molecular formula is C16H14ClNO4S. The second-order valence-electron chi connectivity index (χ2n) is 4.88. The number of carboxylic acid groups (broad SMARTS) is 1. The van der Waals surface area contributed by atoms with Crippen molar-refractivity contribution in [2.45, 2.75) is 6.54 Å². The van der Waals surface area contributed by atoms with Crippen LogP contribution in [0.3, 0.4) is 0 Å². The molecular weight excluding hydrogens is 338 g/mol. The molecule has 0 aliphatic carbocycles. The van der Waals surface area contributed by atoms with Crippen molar-refractivity contribution in [1.82, 2.24) is 4.57 Å². The number of ether oxygens (including phenoxy) is 2. The molecule has 0 aliphatic rings. The summed E-state index contributed by atoms with van der Waals surface area (Å²) in [6.45, 7) is 0.373. The second kappa shape index (κ2) is 6.14. The summed E-state index contributed by atoms with van der Waals surface area (Å²) in [4.78, 5) is 12.5. The Morgan fingerprint density at radius 1 is 1.30 bits per heavy atom. The van der Waals surface area contributed by atoms with Crippen molar-refractivity contribution < 1.29 is 19.4 Å². The zero-order valence-corrected chi connectivity index (χ0v) is 14.1. The van der Waals surface area contributed by atoms with Crippen molar-refractivity contribution in [2.75, 3.05) is 14.2 Å². The summed E-state index contributed by atoms with van der Waals surface area (Å²) in [5.74, 6) is 0.163. The first-order chi connectivity index (χ1) is 11.0. The number of carbonyl (C=O) groups is 1. The maximum Gasteiger partial charge on any atom is 0.352 e. The van der Waals surface area contributed by atoms with Crippen molar-refractivity contribution in [1.29, 1.82) is 0 Å². The molecule has 7 heteroatoms. The fraction of sp³-hybridized carbons (Fsp3) is 0.188. The van der Waals surface area contributed by atoms with Crippen LogP contribution in [0.15, 0.2) is 29.6 Å². The summed E-state index contributed by atoms with van der Waals surface area (Å²) in [5.41, 5.74) is 0.902. The van der Waals surface area contributed by atoms with Gasteiger partial charge in [0, 0.05) is 22.4 Å². The van der Waals surface area contributed by atoms with E-state index in [1.54, 1.807) is 43.1 Å². The Kier molecular flexibility index (Phi) is 4.19. The predicted molar refractivity (Wildman–Crippen MR) is 90.4 cm³/mol. The normalized spacial score (nSPS) is 10.9. The highest BCUT2D eigenvalue weighted by Gasteiger charge is 2.19. The van der Waals surface area contributed by atoms with Crippen molar-refractivity contribution in [3.8, 4) is 11.5 Å². The minimum atomic E-state index is -1.00. The molecule has 0 radical (unpaired) electrons. The maximum atomic E-state index is 11.6. The molecule has 1 N–H and O–H groups in total. The SMILES string of the molecule is COc1cc(OC)c2cc(C(=O)O)n(Cc3sccc3Cl)c2c1. The number of hydrogen-bond donors (Lipinski definition) is 1. The third kappa shape index (κ3) is 2.75. The monoisotopic (exact) mass is 351 g/mol. The third-order valence-electron chi connectivity index (χ3n) is 3.62. The van der Waals surface area contributed by atoms with Crippen LogP contribution in [-0.4, -0.2) is 29.9 Å². The Labute approximate surface area is 141 Å². The molecule has 120 valence electrons. The van der Waals surface area contributed by atoms with E-state index in [9.17, 15) is 9.90 Å². The van der Waals surface area contributed by atoms with Gasteiger partial charge < -0.3 is 19.1 Å². The number of methoxy groups -OCH3 is 2. The van der Waals surface area contributed by atoms with E-state index >= 15 is 0 Å². The Morgan fingerprint density at radius 2 is 2.09 bits per heavy atom. The first-order valence-electron chi connectivity index (χ1n) is 6.75. The van der Waals surface area contributed by atoms with Crippen LogP contribution < -0.4 is 9.47 Å². The van der Waals surface area contributed by atoms with Gasteiger partial charge in [-0.2, -0.15) is 0 Å². The number of rotatable bonds is 5. The Hall–Kier alpha value is -2.18. The Morgan fingerprint density at radius 3 is 2.65 bits per heavy atom. The predicted octanol–water partition coefficient (Wildman–Crippen LogP) is 4.12. The summed E-state index contributed by atoms with van der Waals surface area (Å²) >= 11 is 7.65. The van der Waals surface area contributed by atoms with Gasteiger partial charge in [-0.25, -0.2) is 4.79 Å². The van der Waals surface area contributed by atoms with E-state index in [1.807, 2.05) is 5.38 Å². The quantitative estimate of drug-likeness (QED) is 0.751. The van der Waals surface area contributed by atoms with Gasteiger partial charge in [-0.15, -0.1) is 11.3 Å². The fourth-order valence-corrected chi connectivity index (χ4v) is 3.60. The van der Waals surface area contributed by atoms with E-state index in [4.69, 9.17) is 21.1 Å². The number of nitrogens with zero attached hydrogens (tertiary/aromatic N) is 1. The molecule has 23 heavy (non-hydrogen) atoms. The maximum absolute atomic E-state index is 11.6. The number of thiophene rings is 1. The highest BCUT2D eigenvalue weighted by atomic mass is 35.5. The van der Waals surface area contributed by atoms with Crippen molar-refractivity contribution in [2.24, 2.45) is 0 Å². The van der Waals surface area contributed by atoms with Gasteiger partial charge in [0.2, 0.25) is 0 Å². The first-order valence-corrected chi connectivity index (χ1v) is 8.01. The van der Waals surface area contributed by atoms with Crippen LogP contribution in [-0.2, 0) is 6.54 Å². The zero-order chi connectivity index (χ0) is 16.6. The standard InChI is InChI=1S/C16H14ClNO4S/c1-21-9-5-12-10(14(6-9)22-2)7-13(16(19)20)18(12)8-15-11(17)3-4-23-15/h3-7H,8H2,1-2H3,(H,19,20). The highest BCUT2D eigenvalue weighted by Crippen LogP contribution is 2.35. The highest BCUT2D eigenvalue weighted by molar-refractivity contribution is 7.10. The molecule has 0 atom stereocenters. The molecule has 0 aliphatic heterocycles. The number of aromatic nitrogens is 1. The first kappa shape index (κ1) is 15.7. The average Bonchev–Trinajstić information content (AvgIpc) is 3.11. The summed E-state index contributed by atoms with van der Waals surface area (Å²) in [6, 6.07) is 6.94. The molecule has 0 fully saturated rings. The Bertz CT molecular complexity index is 884. The molecule has 0 amide bonds. The zero-order valence-electron chi connectivity index (χ0n) is 12.5. The summed E-state index contributed by atoms with van der Waals surface area (Å²) in [5, 5.41) is 12.8. The van der Waals surface area contributed by atoms with Crippen molar-refractivity contribution in [3.63, 3.8) is 0 Å². The number of benzene rings is 1. The van der Waals surface area contributed by atoms with Crippen LogP contribution in [0.2, 0.25) is 5.02 Å². The van der Waals surface area contributed by atoms with Crippen LogP contribution in [0, 0.1) is 0 Å². The van der Waals surface area contributed by atoms with E-state index in [2.05, 4.69) is 0 Å². The molecule has 1 aromatic carbocycles. The van der Waals surface area contributed by atoms with Crippen LogP contribution in [0.25, 0.3) is 10.9 Å². The molecule has 2 aromatic heterocycles. The number of hydrogen-bond acceptors (Lipinski definition) is 4. The van der Waals surface area contributed by atoms with E-state index in [0.717, 1.165) is 15.8 Å². The largest absolute Gasteiger partial charge is 0.497 e. The van der Waals surface area contributed by atoms with Gasteiger partial charge in [-0.3, -0.25) is 0 Å². The van der Waals surface area contributed by atoms with Gasteiger partial charge in [0.1, 0.15) is 17.2 Å². The van der Waals surface area contributed by atoms with Crippen molar-refractivity contribution in [3.05, 3.63) is 45.2 Å². The van der Waals surface area contributed by atoms with Crippen LogP contribution in [0.1, 0.15) is 15.4 Å². The number of fused-ring (bicyclic) bond motifs is 1. The topological polar surface area (TPSA) is 60.7 Å². The van der Waals surface area contributed by atoms with Crippen molar-refractivity contribution >= 4 is 39.8 Å². The summed E-state index contributed by atoms with van der Waals surface area (Å²) in [7, 11) is 3.10. The minimum absolute atomic E-state index is 0.177. The number of aromatic carboxylic acids is 1. The van der Waals surface area contributed by atoms with Crippen LogP contribution >= 0.6 is 22.9 Å². The summed E-state index contributed by atoms with van der Waals surface area (Å²) < 4.78 is 12.4. The van der Waals surface area contributed by atoms with Gasteiger partial charge in [0.05, 0.1) is 31.3 Å². The van der Waals surface area contributed by atoms with Gasteiger partial charge in [0.15, 0.2) is 0 Å². The lowest BCUT2D eigenvalue weighted by Crippen LogP contribution is -2.08. The van der Waals surface area contributed by atoms with Gasteiger partial charge in [-0.05, 0) is 17.5 Å². The molecule has 0 bridgehead atoms. The van der Waals surface area contributed by atoms with E-state index in [-0.39, 0.29) is 5.69 Å². The number of carboxylic acids is 1. The molecule has 3 rings (SSSR count). The summed E-state index contributed by atoms with van der Waals surface area (Å²) in [6.07, 6.45) is 0. The molecule has 0 saturated carbocycles. The van der Waals surface area contributed by atoms with Gasteiger partial charge >= 0.3 is 5.97 Å². The molecule has 0 saturated heterocycles. The van der Waals surface area contributed by atoms with Gasteiger partial charge in [-0.1, -0.05) is 11.6 Å².